The molecule has 1 amide bonds. The Morgan fingerprint density at radius 1 is 1.44 bits per heavy atom. The maximum Gasteiger partial charge on any atom is 0.280 e. The number of rotatable bonds is 5. The van der Waals surface area contributed by atoms with Gasteiger partial charge >= 0.3 is 0 Å². The van der Waals surface area contributed by atoms with Gasteiger partial charge in [-0.2, -0.15) is 0 Å². The lowest BCUT2D eigenvalue weighted by Crippen LogP contribution is -2.41. The Balaban J connectivity index is 2.81. The summed E-state index contributed by atoms with van der Waals surface area (Å²) >= 11 is 0. The average molecular weight is 259 g/mol. The molecule has 18 heavy (non-hydrogen) atoms. The molecule has 0 aliphatic carbocycles. The number of nitrogens with zero attached hydrogens (tertiary/aromatic N) is 2. The standard InChI is InChI=1S/C11H15F2N3O2/c1-6(2)9(4-17)16-11(18)8-3-7(10(12)13)14-5-15-8/h3,5-6,9-10,17H,4H2,1-2H3,(H,16,18)/t9-/m1/s1. The van der Waals surface area contributed by atoms with Crippen molar-refractivity contribution in [1.29, 1.82) is 0 Å². The van der Waals surface area contributed by atoms with E-state index in [0.29, 0.717) is 0 Å². The fraction of sp³-hybridized carbons (Fsp3) is 0.545. The van der Waals surface area contributed by atoms with Gasteiger partial charge in [0.05, 0.1) is 12.6 Å². The molecule has 1 atom stereocenters. The number of aromatic nitrogens is 2. The third-order valence-corrected chi connectivity index (χ3v) is 2.46. The maximum absolute atomic E-state index is 12.4. The molecule has 0 fully saturated rings. The van der Waals surface area contributed by atoms with Gasteiger partial charge in [0.2, 0.25) is 0 Å². The Kier molecular flexibility index (Phi) is 5.08. The minimum atomic E-state index is -2.75. The molecule has 0 saturated heterocycles. The topological polar surface area (TPSA) is 75.1 Å². The molecular formula is C11H15F2N3O2. The molecule has 1 heterocycles. The molecule has 2 N–H and O–H groups in total. The van der Waals surface area contributed by atoms with Crippen LogP contribution in [-0.2, 0) is 0 Å². The highest BCUT2D eigenvalue weighted by Gasteiger charge is 2.18. The van der Waals surface area contributed by atoms with E-state index in [0.717, 1.165) is 12.4 Å². The van der Waals surface area contributed by atoms with E-state index >= 15 is 0 Å². The normalized spacial score (nSPS) is 12.8. The van der Waals surface area contributed by atoms with Gasteiger partial charge in [0.25, 0.3) is 12.3 Å². The number of aliphatic hydroxyl groups is 1. The summed E-state index contributed by atoms with van der Waals surface area (Å²) in [5.74, 6) is -0.581. The lowest BCUT2D eigenvalue weighted by molar-refractivity contribution is 0.0890. The summed E-state index contributed by atoms with van der Waals surface area (Å²) in [6, 6.07) is 0.497. The quantitative estimate of drug-likeness (QED) is 0.832. The van der Waals surface area contributed by atoms with Gasteiger partial charge in [0.1, 0.15) is 17.7 Å². The van der Waals surface area contributed by atoms with Crippen LogP contribution in [0.4, 0.5) is 8.78 Å². The van der Waals surface area contributed by atoms with Crippen molar-refractivity contribution in [3.05, 3.63) is 23.8 Å². The fourth-order valence-electron chi connectivity index (χ4n) is 1.28. The Morgan fingerprint density at radius 2 is 2.11 bits per heavy atom. The number of carbonyl (C=O) groups is 1. The second kappa shape index (κ2) is 6.34. The predicted molar refractivity (Wildman–Crippen MR) is 60.2 cm³/mol. The maximum atomic E-state index is 12.4. The third-order valence-electron chi connectivity index (χ3n) is 2.46. The SMILES string of the molecule is CC(C)[C@@H](CO)NC(=O)c1cc(C(F)F)ncn1. The predicted octanol–water partition coefficient (Wildman–Crippen LogP) is 1.16. The Bertz CT molecular complexity index is 413. The number of alkyl halides is 2. The molecule has 0 aliphatic rings. The Labute approximate surface area is 103 Å². The molecule has 0 spiro atoms. The van der Waals surface area contributed by atoms with Crippen molar-refractivity contribution in [2.75, 3.05) is 6.61 Å². The van der Waals surface area contributed by atoms with Crippen molar-refractivity contribution in [3.63, 3.8) is 0 Å². The van der Waals surface area contributed by atoms with Gasteiger partial charge in [-0.25, -0.2) is 18.7 Å². The van der Waals surface area contributed by atoms with E-state index in [1.807, 2.05) is 13.8 Å². The largest absolute Gasteiger partial charge is 0.394 e. The van der Waals surface area contributed by atoms with Crippen LogP contribution in [0.25, 0.3) is 0 Å². The van der Waals surface area contributed by atoms with Crippen molar-refractivity contribution >= 4 is 5.91 Å². The number of carbonyl (C=O) groups excluding carboxylic acids is 1. The van der Waals surface area contributed by atoms with E-state index in [-0.39, 0.29) is 18.2 Å². The average Bonchev–Trinajstić information content (AvgIpc) is 2.35. The van der Waals surface area contributed by atoms with Crippen molar-refractivity contribution in [1.82, 2.24) is 15.3 Å². The van der Waals surface area contributed by atoms with Crippen LogP contribution in [0.1, 0.15) is 36.5 Å². The van der Waals surface area contributed by atoms with Crippen LogP contribution >= 0.6 is 0 Å². The number of aliphatic hydroxyl groups excluding tert-OH is 1. The molecule has 1 aromatic heterocycles. The molecule has 0 aromatic carbocycles. The van der Waals surface area contributed by atoms with E-state index in [1.165, 1.54) is 0 Å². The second-order valence-corrected chi connectivity index (χ2v) is 4.14. The van der Waals surface area contributed by atoms with Crippen LogP contribution in [0.5, 0.6) is 0 Å². The summed E-state index contributed by atoms with van der Waals surface area (Å²) in [6.07, 6.45) is -1.84. The first-order valence-corrected chi connectivity index (χ1v) is 5.47. The van der Waals surface area contributed by atoms with Gasteiger partial charge in [-0.1, -0.05) is 13.8 Å². The minimum absolute atomic E-state index is 0.0235. The first kappa shape index (κ1) is 14.4. The van der Waals surface area contributed by atoms with E-state index < -0.39 is 24.1 Å². The van der Waals surface area contributed by atoms with E-state index in [2.05, 4.69) is 15.3 Å². The summed E-state index contributed by atoms with van der Waals surface area (Å²) in [5.41, 5.74) is -0.639. The van der Waals surface area contributed by atoms with Crippen LogP contribution in [0.15, 0.2) is 12.4 Å². The van der Waals surface area contributed by atoms with Crippen LogP contribution in [0.2, 0.25) is 0 Å². The molecule has 0 aliphatic heterocycles. The molecule has 0 radical (unpaired) electrons. The zero-order chi connectivity index (χ0) is 13.7. The summed E-state index contributed by atoms with van der Waals surface area (Å²) < 4.78 is 24.8. The molecule has 0 saturated carbocycles. The molecule has 0 bridgehead atoms. The van der Waals surface area contributed by atoms with Gasteiger partial charge in [0, 0.05) is 0 Å². The number of halogens is 2. The number of nitrogens with one attached hydrogen (secondary N) is 1. The van der Waals surface area contributed by atoms with Gasteiger partial charge in [0.15, 0.2) is 0 Å². The van der Waals surface area contributed by atoms with Gasteiger partial charge in [-0.15, -0.1) is 0 Å². The summed E-state index contributed by atoms with van der Waals surface area (Å²) in [6.45, 7) is 3.42. The van der Waals surface area contributed by atoms with E-state index in [1.54, 1.807) is 0 Å². The first-order chi connectivity index (χ1) is 8.45. The first-order valence-electron chi connectivity index (χ1n) is 5.47. The van der Waals surface area contributed by atoms with Crippen LogP contribution in [0, 0.1) is 5.92 Å². The van der Waals surface area contributed by atoms with Crippen LogP contribution < -0.4 is 5.32 Å². The highest BCUT2D eigenvalue weighted by atomic mass is 19.3. The highest BCUT2D eigenvalue weighted by molar-refractivity contribution is 5.92. The highest BCUT2D eigenvalue weighted by Crippen LogP contribution is 2.15. The fourth-order valence-corrected chi connectivity index (χ4v) is 1.28. The van der Waals surface area contributed by atoms with E-state index in [4.69, 9.17) is 5.11 Å². The summed E-state index contributed by atoms with van der Waals surface area (Å²) in [7, 11) is 0. The summed E-state index contributed by atoms with van der Waals surface area (Å²) in [5, 5.41) is 11.6. The smallest absolute Gasteiger partial charge is 0.280 e. The Hall–Kier alpha value is -1.63. The molecule has 7 heteroatoms. The van der Waals surface area contributed by atoms with E-state index in [9.17, 15) is 13.6 Å². The Morgan fingerprint density at radius 3 is 2.61 bits per heavy atom. The molecule has 1 rings (SSSR count). The lowest BCUT2D eigenvalue weighted by Gasteiger charge is -2.19. The van der Waals surface area contributed by atoms with Crippen LogP contribution in [0.3, 0.4) is 0 Å². The summed E-state index contributed by atoms with van der Waals surface area (Å²) in [4.78, 5) is 18.7. The van der Waals surface area contributed by atoms with Gasteiger partial charge in [-0.3, -0.25) is 4.79 Å². The molecule has 1 aromatic rings. The van der Waals surface area contributed by atoms with Crippen molar-refractivity contribution in [2.45, 2.75) is 26.3 Å². The molecular weight excluding hydrogens is 244 g/mol. The number of hydrogen-bond donors (Lipinski definition) is 2. The zero-order valence-electron chi connectivity index (χ0n) is 10.1. The van der Waals surface area contributed by atoms with Crippen molar-refractivity contribution < 1.29 is 18.7 Å². The molecule has 100 valence electrons. The molecule has 0 unspecified atom stereocenters. The number of hydrogen-bond acceptors (Lipinski definition) is 4. The van der Waals surface area contributed by atoms with Crippen molar-refractivity contribution in [2.24, 2.45) is 5.92 Å². The third kappa shape index (κ3) is 3.69. The number of amides is 1. The second-order valence-electron chi connectivity index (χ2n) is 4.14. The molecule has 5 nitrogen and oxygen atoms in total. The van der Waals surface area contributed by atoms with Gasteiger partial charge in [-0.05, 0) is 12.0 Å². The monoisotopic (exact) mass is 259 g/mol. The lowest BCUT2D eigenvalue weighted by atomic mass is 10.1. The van der Waals surface area contributed by atoms with Crippen LogP contribution in [-0.4, -0.2) is 33.6 Å². The van der Waals surface area contributed by atoms with Crippen molar-refractivity contribution in [3.8, 4) is 0 Å². The minimum Gasteiger partial charge on any atom is -0.394 e. The zero-order valence-corrected chi connectivity index (χ0v) is 10.1. The van der Waals surface area contributed by atoms with Gasteiger partial charge < -0.3 is 10.4 Å².